The molecule has 1 aliphatic carbocycles. The molecule has 0 radical (unpaired) electrons. The molecule has 17 heavy (non-hydrogen) atoms. The first-order chi connectivity index (χ1) is 7.97. The average molecular weight is 243 g/mol. The Hall–Kier alpha value is -0.120. The molecule has 0 aromatic heterocycles. The highest BCUT2D eigenvalue weighted by Crippen LogP contribution is 2.34. The normalized spacial score (nSPS) is 25.6. The van der Waals surface area contributed by atoms with Gasteiger partial charge in [0.2, 0.25) is 0 Å². The lowest BCUT2D eigenvalue weighted by atomic mass is 9.85. The zero-order chi connectivity index (χ0) is 12.9. The minimum Gasteiger partial charge on any atom is -0.394 e. The van der Waals surface area contributed by atoms with Crippen molar-refractivity contribution in [3.63, 3.8) is 0 Å². The van der Waals surface area contributed by atoms with E-state index in [4.69, 9.17) is 0 Å². The van der Waals surface area contributed by atoms with Gasteiger partial charge in [0.1, 0.15) is 0 Å². The first kappa shape index (κ1) is 14.9. The van der Waals surface area contributed by atoms with Crippen LogP contribution in [0.3, 0.4) is 0 Å². The van der Waals surface area contributed by atoms with Crippen molar-refractivity contribution in [2.45, 2.75) is 70.9 Å². The molecule has 1 fully saturated rings. The molecule has 0 spiro atoms. The van der Waals surface area contributed by atoms with Crippen molar-refractivity contribution in [3.05, 3.63) is 0 Å². The molecule has 1 aliphatic rings. The minimum atomic E-state index is -0.487. The topological polar surface area (TPSA) is 52.5 Å². The smallest absolute Gasteiger partial charge is 0.0647 e. The fourth-order valence-corrected chi connectivity index (χ4v) is 2.71. The summed E-state index contributed by atoms with van der Waals surface area (Å²) in [4.78, 5) is 0. The van der Waals surface area contributed by atoms with Gasteiger partial charge >= 0.3 is 0 Å². The second-order valence-corrected chi connectivity index (χ2v) is 6.39. The Balaban J connectivity index is 2.56. The standard InChI is InChI=1S/C14H29NO2/c1-4-14(10-16,11-17)15-12-6-5-8-13(2,3)9-7-12/h12,15-17H,4-11H2,1-3H3. The van der Waals surface area contributed by atoms with Crippen LogP contribution >= 0.6 is 0 Å². The summed E-state index contributed by atoms with van der Waals surface area (Å²) in [6, 6.07) is 0.441. The Morgan fingerprint density at radius 3 is 2.35 bits per heavy atom. The van der Waals surface area contributed by atoms with Gasteiger partial charge in [-0.3, -0.25) is 0 Å². The van der Waals surface area contributed by atoms with Gasteiger partial charge in [0.05, 0.1) is 18.8 Å². The number of rotatable bonds is 5. The summed E-state index contributed by atoms with van der Waals surface area (Å²) in [6.07, 6.45) is 6.81. The second kappa shape index (κ2) is 6.17. The van der Waals surface area contributed by atoms with Crippen LogP contribution in [0.2, 0.25) is 0 Å². The summed E-state index contributed by atoms with van der Waals surface area (Å²) in [6.45, 7) is 6.71. The molecular weight excluding hydrogens is 214 g/mol. The summed E-state index contributed by atoms with van der Waals surface area (Å²) in [5, 5.41) is 22.4. The highest BCUT2D eigenvalue weighted by molar-refractivity contribution is 4.90. The SMILES string of the molecule is CCC(CO)(CO)NC1CCCC(C)(C)CC1. The predicted molar refractivity (Wildman–Crippen MR) is 71.0 cm³/mol. The van der Waals surface area contributed by atoms with Gasteiger partial charge in [-0.1, -0.05) is 27.2 Å². The first-order valence-electron chi connectivity index (χ1n) is 6.96. The Morgan fingerprint density at radius 2 is 1.82 bits per heavy atom. The van der Waals surface area contributed by atoms with Gasteiger partial charge in [0.25, 0.3) is 0 Å². The van der Waals surface area contributed by atoms with E-state index in [1.54, 1.807) is 0 Å². The predicted octanol–water partition coefficient (Wildman–Crippen LogP) is 2.07. The van der Waals surface area contributed by atoms with Crippen molar-refractivity contribution in [2.75, 3.05) is 13.2 Å². The second-order valence-electron chi connectivity index (χ2n) is 6.39. The van der Waals surface area contributed by atoms with Crippen LogP contribution in [0.25, 0.3) is 0 Å². The molecule has 1 atom stereocenters. The molecule has 3 heteroatoms. The summed E-state index contributed by atoms with van der Waals surface area (Å²) >= 11 is 0. The lowest BCUT2D eigenvalue weighted by Gasteiger charge is -2.34. The van der Waals surface area contributed by atoms with E-state index in [1.165, 1.54) is 19.3 Å². The van der Waals surface area contributed by atoms with Crippen molar-refractivity contribution < 1.29 is 10.2 Å². The third kappa shape index (κ3) is 4.23. The fourth-order valence-electron chi connectivity index (χ4n) is 2.71. The zero-order valence-electron chi connectivity index (χ0n) is 11.6. The van der Waals surface area contributed by atoms with Crippen LogP contribution in [0.5, 0.6) is 0 Å². The lowest BCUT2D eigenvalue weighted by Crippen LogP contribution is -2.55. The quantitative estimate of drug-likeness (QED) is 0.648. The van der Waals surface area contributed by atoms with E-state index in [0.29, 0.717) is 11.5 Å². The van der Waals surface area contributed by atoms with Crippen molar-refractivity contribution in [1.29, 1.82) is 0 Å². The van der Waals surface area contributed by atoms with Crippen LogP contribution in [0.15, 0.2) is 0 Å². The third-order valence-corrected chi connectivity index (χ3v) is 4.37. The van der Waals surface area contributed by atoms with Gasteiger partial charge < -0.3 is 15.5 Å². The van der Waals surface area contributed by atoms with Crippen molar-refractivity contribution in [1.82, 2.24) is 5.32 Å². The van der Waals surface area contributed by atoms with E-state index in [-0.39, 0.29) is 13.2 Å². The van der Waals surface area contributed by atoms with Gasteiger partial charge in [-0.25, -0.2) is 0 Å². The molecular formula is C14H29NO2. The molecule has 0 amide bonds. The number of aliphatic hydroxyl groups is 2. The Bertz CT molecular complexity index is 216. The maximum Gasteiger partial charge on any atom is 0.0647 e. The van der Waals surface area contributed by atoms with Crippen LogP contribution in [0, 0.1) is 5.41 Å². The number of nitrogens with one attached hydrogen (secondary N) is 1. The van der Waals surface area contributed by atoms with Crippen LogP contribution in [0.4, 0.5) is 0 Å². The third-order valence-electron chi connectivity index (χ3n) is 4.37. The maximum atomic E-state index is 9.46. The molecule has 0 aliphatic heterocycles. The molecule has 3 N–H and O–H groups in total. The molecule has 1 saturated carbocycles. The number of aliphatic hydroxyl groups excluding tert-OH is 2. The molecule has 0 bridgehead atoms. The Kier molecular flexibility index (Phi) is 5.42. The summed E-state index contributed by atoms with van der Waals surface area (Å²) < 4.78 is 0. The van der Waals surface area contributed by atoms with Gasteiger partial charge in [-0.2, -0.15) is 0 Å². The van der Waals surface area contributed by atoms with Gasteiger partial charge in [-0.05, 0) is 37.5 Å². The van der Waals surface area contributed by atoms with E-state index < -0.39 is 5.54 Å². The highest BCUT2D eigenvalue weighted by atomic mass is 16.3. The van der Waals surface area contributed by atoms with E-state index in [9.17, 15) is 10.2 Å². The Labute approximate surface area is 106 Å². The molecule has 0 saturated heterocycles. The molecule has 0 heterocycles. The molecule has 3 nitrogen and oxygen atoms in total. The summed E-state index contributed by atoms with van der Waals surface area (Å²) in [5.74, 6) is 0. The molecule has 0 aromatic carbocycles. The lowest BCUT2D eigenvalue weighted by molar-refractivity contribution is 0.0751. The zero-order valence-corrected chi connectivity index (χ0v) is 11.6. The van der Waals surface area contributed by atoms with Gasteiger partial charge in [-0.15, -0.1) is 0 Å². The van der Waals surface area contributed by atoms with Crippen LogP contribution in [-0.2, 0) is 0 Å². The van der Waals surface area contributed by atoms with Gasteiger partial charge in [0, 0.05) is 6.04 Å². The summed E-state index contributed by atoms with van der Waals surface area (Å²) in [7, 11) is 0. The molecule has 102 valence electrons. The number of hydrogen-bond donors (Lipinski definition) is 3. The monoisotopic (exact) mass is 243 g/mol. The van der Waals surface area contributed by atoms with E-state index >= 15 is 0 Å². The van der Waals surface area contributed by atoms with Gasteiger partial charge in [0.15, 0.2) is 0 Å². The Morgan fingerprint density at radius 1 is 1.18 bits per heavy atom. The molecule has 1 unspecified atom stereocenters. The summed E-state index contributed by atoms with van der Waals surface area (Å²) in [5.41, 5.74) is -0.0388. The van der Waals surface area contributed by atoms with Crippen molar-refractivity contribution >= 4 is 0 Å². The fraction of sp³-hybridized carbons (Fsp3) is 1.00. The van der Waals surface area contributed by atoms with Crippen molar-refractivity contribution in [2.24, 2.45) is 5.41 Å². The molecule has 1 rings (SSSR count). The maximum absolute atomic E-state index is 9.46. The largest absolute Gasteiger partial charge is 0.394 e. The van der Waals surface area contributed by atoms with Crippen LogP contribution < -0.4 is 5.32 Å². The highest BCUT2D eigenvalue weighted by Gasteiger charge is 2.31. The van der Waals surface area contributed by atoms with Crippen molar-refractivity contribution in [3.8, 4) is 0 Å². The minimum absolute atomic E-state index is 0.0138. The first-order valence-corrected chi connectivity index (χ1v) is 6.96. The van der Waals surface area contributed by atoms with Crippen LogP contribution in [-0.4, -0.2) is 35.0 Å². The average Bonchev–Trinajstić information content (AvgIpc) is 2.48. The van der Waals surface area contributed by atoms with Crippen LogP contribution in [0.1, 0.15) is 59.3 Å². The van der Waals surface area contributed by atoms with E-state index in [1.807, 2.05) is 6.92 Å². The molecule has 0 aromatic rings. The van der Waals surface area contributed by atoms with E-state index in [2.05, 4.69) is 19.2 Å². The van der Waals surface area contributed by atoms with E-state index in [0.717, 1.165) is 19.3 Å². The number of hydrogen-bond acceptors (Lipinski definition) is 3.